The third-order valence-electron chi connectivity index (χ3n) is 3.21. The number of phenols is 1. The van der Waals surface area contributed by atoms with E-state index in [9.17, 15) is 23.1 Å². The number of carbonyl (C=O) groups is 1. The number of nitrogens with zero attached hydrogens (tertiary/aromatic N) is 1. The number of amides is 1. The molecule has 2 N–H and O–H groups in total. The molecule has 0 aliphatic rings. The summed E-state index contributed by atoms with van der Waals surface area (Å²) < 4.78 is 38.5. The zero-order chi connectivity index (χ0) is 18.4. The third-order valence-corrected chi connectivity index (χ3v) is 4.65. The Balaban J connectivity index is 1.92. The number of benzene rings is 2. The third kappa shape index (κ3) is 3.65. The van der Waals surface area contributed by atoms with Gasteiger partial charge in [-0.15, -0.1) is 0 Å². The van der Waals surface area contributed by atoms with Gasteiger partial charge in [0.15, 0.2) is 5.13 Å². The Hall–Kier alpha value is -2.03. The largest absolute Gasteiger partial charge is 0.506 e. The summed E-state index contributed by atoms with van der Waals surface area (Å²) in [5.74, 6) is -1.19. The second-order valence-electron chi connectivity index (χ2n) is 4.94. The highest BCUT2D eigenvalue weighted by atomic mass is 35.5. The molecule has 0 fully saturated rings. The summed E-state index contributed by atoms with van der Waals surface area (Å²) in [6.45, 7) is 0. The quantitative estimate of drug-likeness (QED) is 0.583. The minimum Gasteiger partial charge on any atom is -0.506 e. The van der Waals surface area contributed by atoms with E-state index in [4.69, 9.17) is 23.2 Å². The van der Waals surface area contributed by atoms with Crippen molar-refractivity contribution < 1.29 is 23.1 Å². The van der Waals surface area contributed by atoms with Gasteiger partial charge in [-0.3, -0.25) is 10.1 Å². The van der Waals surface area contributed by atoms with Crippen molar-refractivity contribution in [3.8, 4) is 5.75 Å². The van der Waals surface area contributed by atoms with E-state index in [1.165, 1.54) is 18.2 Å². The number of aromatic hydroxyl groups is 1. The number of alkyl halides is 3. The topological polar surface area (TPSA) is 62.2 Å². The first-order chi connectivity index (χ1) is 11.6. The number of carbonyl (C=O) groups excluding carboxylic acids is 1. The van der Waals surface area contributed by atoms with Crippen molar-refractivity contribution in [3.63, 3.8) is 0 Å². The van der Waals surface area contributed by atoms with E-state index < -0.39 is 23.4 Å². The van der Waals surface area contributed by atoms with Crippen molar-refractivity contribution in [2.24, 2.45) is 0 Å². The van der Waals surface area contributed by atoms with Crippen LogP contribution in [0.15, 0.2) is 30.3 Å². The molecule has 0 saturated heterocycles. The molecule has 0 saturated carbocycles. The highest BCUT2D eigenvalue weighted by Crippen LogP contribution is 2.35. The Morgan fingerprint density at radius 2 is 1.92 bits per heavy atom. The number of anilines is 1. The van der Waals surface area contributed by atoms with Crippen LogP contribution in [0.5, 0.6) is 5.75 Å². The Labute approximate surface area is 152 Å². The maximum absolute atomic E-state index is 12.7. The lowest BCUT2D eigenvalue weighted by atomic mass is 10.2. The first kappa shape index (κ1) is 17.8. The average Bonchev–Trinajstić information content (AvgIpc) is 2.91. The minimum absolute atomic E-state index is 0.0785. The Morgan fingerprint density at radius 3 is 2.60 bits per heavy atom. The van der Waals surface area contributed by atoms with Crippen LogP contribution < -0.4 is 5.32 Å². The fraction of sp³-hybridized carbons (Fsp3) is 0.0667. The molecular weight excluding hydrogens is 400 g/mol. The predicted octanol–water partition coefficient (Wildman–Crippen LogP) is 5.58. The highest BCUT2D eigenvalue weighted by molar-refractivity contribution is 7.22. The molecule has 4 nitrogen and oxygen atoms in total. The van der Waals surface area contributed by atoms with Crippen LogP contribution >= 0.6 is 34.5 Å². The van der Waals surface area contributed by atoms with E-state index in [0.29, 0.717) is 5.52 Å². The lowest BCUT2D eigenvalue weighted by Crippen LogP contribution is -2.12. The number of rotatable bonds is 2. The molecule has 2 aromatic carbocycles. The van der Waals surface area contributed by atoms with Gasteiger partial charge in [0.25, 0.3) is 5.91 Å². The van der Waals surface area contributed by atoms with Gasteiger partial charge in [-0.2, -0.15) is 13.2 Å². The van der Waals surface area contributed by atoms with Crippen molar-refractivity contribution in [1.29, 1.82) is 0 Å². The fourth-order valence-corrected chi connectivity index (χ4v) is 3.45. The number of thiazole rings is 1. The zero-order valence-corrected chi connectivity index (χ0v) is 14.3. The molecule has 3 rings (SSSR count). The van der Waals surface area contributed by atoms with E-state index in [1.54, 1.807) is 0 Å². The van der Waals surface area contributed by atoms with Crippen LogP contribution in [0.4, 0.5) is 18.3 Å². The second kappa shape index (κ2) is 6.36. The normalized spacial score (nSPS) is 11.7. The van der Waals surface area contributed by atoms with Gasteiger partial charge in [-0.1, -0.05) is 34.5 Å². The molecule has 1 heterocycles. The van der Waals surface area contributed by atoms with Crippen molar-refractivity contribution >= 4 is 55.8 Å². The van der Waals surface area contributed by atoms with Crippen LogP contribution in [0.3, 0.4) is 0 Å². The molecule has 25 heavy (non-hydrogen) atoms. The van der Waals surface area contributed by atoms with Gasteiger partial charge >= 0.3 is 6.18 Å². The van der Waals surface area contributed by atoms with Gasteiger partial charge < -0.3 is 5.11 Å². The molecule has 10 heteroatoms. The Bertz CT molecular complexity index is 989. The van der Waals surface area contributed by atoms with Gasteiger partial charge in [0, 0.05) is 5.02 Å². The molecule has 0 atom stereocenters. The summed E-state index contributed by atoms with van der Waals surface area (Å²) in [5, 5.41) is 12.4. The first-order valence-corrected chi connectivity index (χ1v) is 8.19. The second-order valence-corrected chi connectivity index (χ2v) is 6.81. The molecule has 0 bridgehead atoms. The van der Waals surface area contributed by atoms with Crippen molar-refractivity contribution in [1.82, 2.24) is 4.98 Å². The van der Waals surface area contributed by atoms with Crippen LogP contribution in [-0.2, 0) is 6.18 Å². The number of phenolic OH excluding ortho intramolecular Hbond substituents is 1. The summed E-state index contributed by atoms with van der Waals surface area (Å²) in [6, 6.07) is 5.57. The predicted molar refractivity (Wildman–Crippen MR) is 90.7 cm³/mol. The fourth-order valence-electron chi connectivity index (χ4n) is 2.06. The molecule has 0 aliphatic carbocycles. The summed E-state index contributed by atoms with van der Waals surface area (Å²) in [5.41, 5.74) is -0.671. The molecule has 130 valence electrons. The number of hydrogen-bond donors (Lipinski definition) is 2. The van der Waals surface area contributed by atoms with Crippen LogP contribution in [0, 0.1) is 0 Å². The Morgan fingerprint density at radius 1 is 1.20 bits per heavy atom. The number of nitrogens with one attached hydrogen (secondary N) is 1. The maximum Gasteiger partial charge on any atom is 0.416 e. The van der Waals surface area contributed by atoms with E-state index in [-0.39, 0.29) is 25.4 Å². The van der Waals surface area contributed by atoms with Crippen molar-refractivity contribution in [2.45, 2.75) is 6.18 Å². The van der Waals surface area contributed by atoms with E-state index in [0.717, 1.165) is 23.5 Å². The standard InChI is InChI=1S/C15H7Cl2F3N2O2S/c16-7-4-8(12(23)9(17)5-7)13(24)22-14-21-10-2-1-6(15(18,19)20)3-11(10)25-14/h1-5,23H,(H,21,22,24). The molecule has 1 amide bonds. The van der Waals surface area contributed by atoms with Gasteiger partial charge in [-0.25, -0.2) is 4.98 Å². The molecule has 0 spiro atoms. The van der Waals surface area contributed by atoms with Gasteiger partial charge in [0.2, 0.25) is 0 Å². The molecule has 1 aromatic heterocycles. The van der Waals surface area contributed by atoms with Crippen molar-refractivity contribution in [3.05, 3.63) is 51.5 Å². The molecular formula is C15H7Cl2F3N2O2S. The van der Waals surface area contributed by atoms with Gasteiger partial charge in [-0.05, 0) is 30.3 Å². The molecule has 3 aromatic rings. The van der Waals surface area contributed by atoms with Crippen LogP contribution in [-0.4, -0.2) is 16.0 Å². The van der Waals surface area contributed by atoms with Crippen molar-refractivity contribution in [2.75, 3.05) is 5.32 Å². The SMILES string of the molecule is O=C(Nc1nc2ccc(C(F)(F)F)cc2s1)c1cc(Cl)cc(Cl)c1O. The average molecular weight is 407 g/mol. The lowest BCUT2D eigenvalue weighted by Gasteiger charge is -2.06. The summed E-state index contributed by atoms with van der Waals surface area (Å²) >= 11 is 12.4. The molecule has 0 aliphatic heterocycles. The number of fused-ring (bicyclic) bond motifs is 1. The highest BCUT2D eigenvalue weighted by Gasteiger charge is 2.30. The first-order valence-electron chi connectivity index (χ1n) is 6.62. The number of hydrogen-bond acceptors (Lipinski definition) is 4. The smallest absolute Gasteiger partial charge is 0.416 e. The number of halogens is 5. The lowest BCUT2D eigenvalue weighted by molar-refractivity contribution is -0.137. The molecule has 0 radical (unpaired) electrons. The van der Waals surface area contributed by atoms with Gasteiger partial charge in [0.1, 0.15) is 5.75 Å². The van der Waals surface area contributed by atoms with E-state index >= 15 is 0 Å². The van der Waals surface area contributed by atoms with Crippen LogP contribution in [0.2, 0.25) is 10.0 Å². The van der Waals surface area contributed by atoms with E-state index in [1.807, 2.05) is 0 Å². The number of aromatic nitrogens is 1. The zero-order valence-electron chi connectivity index (χ0n) is 12.0. The Kier molecular flexibility index (Phi) is 4.52. The summed E-state index contributed by atoms with van der Waals surface area (Å²) in [7, 11) is 0. The van der Waals surface area contributed by atoms with E-state index in [2.05, 4.69) is 10.3 Å². The maximum atomic E-state index is 12.7. The monoisotopic (exact) mass is 406 g/mol. The molecule has 0 unspecified atom stereocenters. The summed E-state index contributed by atoms with van der Waals surface area (Å²) in [6.07, 6.45) is -4.47. The minimum atomic E-state index is -4.47. The summed E-state index contributed by atoms with van der Waals surface area (Å²) in [4.78, 5) is 16.3. The van der Waals surface area contributed by atoms with Crippen LogP contribution in [0.1, 0.15) is 15.9 Å². The van der Waals surface area contributed by atoms with Gasteiger partial charge in [0.05, 0.1) is 26.4 Å². The van der Waals surface area contributed by atoms with Crippen LogP contribution in [0.25, 0.3) is 10.2 Å².